The number of rotatable bonds is 9. The van der Waals surface area contributed by atoms with E-state index in [1.807, 2.05) is 0 Å². The Balaban J connectivity index is 1.89. The molecule has 0 atom stereocenters. The number of primary amides is 1. The molecule has 0 aliphatic rings. The molecule has 0 spiro atoms. The van der Waals surface area contributed by atoms with Gasteiger partial charge in [-0.05, 0) is 36.4 Å². The number of halogens is 1. The van der Waals surface area contributed by atoms with Crippen LogP contribution in [0.2, 0.25) is 0 Å². The second-order valence-corrected chi connectivity index (χ2v) is 5.95. The summed E-state index contributed by atoms with van der Waals surface area (Å²) < 4.78 is 18.0. The topological polar surface area (TPSA) is 119 Å². The first-order chi connectivity index (χ1) is 13.9. The molecule has 2 rings (SSSR count). The number of hydrogen-bond donors (Lipinski definition) is 2. The molecule has 29 heavy (non-hydrogen) atoms. The predicted molar refractivity (Wildman–Crippen MR) is 102 cm³/mol. The average Bonchev–Trinajstić information content (AvgIpc) is 2.72. The van der Waals surface area contributed by atoms with Crippen LogP contribution in [0.4, 0.5) is 10.1 Å². The van der Waals surface area contributed by atoms with E-state index in [1.54, 1.807) is 30.3 Å². The summed E-state index contributed by atoms with van der Waals surface area (Å²) in [5, 5.41) is 2.39. The number of ether oxygens (including phenoxy) is 1. The minimum absolute atomic E-state index is 0.0535. The third kappa shape index (κ3) is 7.06. The summed E-state index contributed by atoms with van der Waals surface area (Å²) in [7, 11) is 0. The molecule has 2 aromatic carbocycles. The lowest BCUT2D eigenvalue weighted by Gasteiger charge is -2.22. The SMILES string of the molecule is NC(=O)CCN(C(=O)COC(=O)CNC(=O)c1ccccc1)c1ccc(F)cc1. The molecule has 0 saturated carbocycles. The molecule has 0 aliphatic heterocycles. The van der Waals surface area contributed by atoms with E-state index >= 15 is 0 Å². The Morgan fingerprint density at radius 2 is 1.66 bits per heavy atom. The lowest BCUT2D eigenvalue weighted by Crippen LogP contribution is -2.38. The Kier molecular flexibility index (Phi) is 7.84. The van der Waals surface area contributed by atoms with E-state index in [2.05, 4.69) is 5.32 Å². The lowest BCUT2D eigenvalue weighted by molar-refractivity contribution is -0.146. The van der Waals surface area contributed by atoms with Gasteiger partial charge in [-0.1, -0.05) is 18.2 Å². The van der Waals surface area contributed by atoms with Gasteiger partial charge in [0.15, 0.2) is 6.61 Å². The van der Waals surface area contributed by atoms with Crippen LogP contribution in [-0.4, -0.2) is 43.4 Å². The number of nitrogens with zero attached hydrogens (tertiary/aromatic N) is 1. The number of anilines is 1. The van der Waals surface area contributed by atoms with Gasteiger partial charge < -0.3 is 20.7 Å². The number of hydrogen-bond acceptors (Lipinski definition) is 5. The van der Waals surface area contributed by atoms with E-state index in [9.17, 15) is 23.6 Å². The second kappa shape index (κ2) is 10.5. The van der Waals surface area contributed by atoms with Crippen molar-refractivity contribution in [1.29, 1.82) is 0 Å². The predicted octanol–water partition coefficient (Wildman–Crippen LogP) is 1.01. The molecule has 0 bridgehead atoms. The van der Waals surface area contributed by atoms with Crippen LogP contribution in [0.3, 0.4) is 0 Å². The zero-order valence-corrected chi connectivity index (χ0v) is 15.5. The first-order valence-corrected chi connectivity index (χ1v) is 8.70. The lowest BCUT2D eigenvalue weighted by atomic mass is 10.2. The van der Waals surface area contributed by atoms with E-state index in [0.717, 1.165) is 12.1 Å². The zero-order chi connectivity index (χ0) is 21.2. The summed E-state index contributed by atoms with van der Waals surface area (Å²) in [5.41, 5.74) is 5.82. The number of nitrogens with one attached hydrogen (secondary N) is 1. The van der Waals surface area contributed by atoms with Crippen molar-refractivity contribution >= 4 is 29.4 Å². The van der Waals surface area contributed by atoms with Crippen LogP contribution < -0.4 is 16.0 Å². The summed E-state index contributed by atoms with van der Waals surface area (Å²) >= 11 is 0. The van der Waals surface area contributed by atoms with Crippen molar-refractivity contribution in [1.82, 2.24) is 5.32 Å². The number of carbonyl (C=O) groups excluding carboxylic acids is 4. The molecule has 3 amide bonds. The van der Waals surface area contributed by atoms with Crippen molar-refractivity contribution < 1.29 is 28.3 Å². The number of nitrogens with two attached hydrogens (primary N) is 1. The fourth-order valence-corrected chi connectivity index (χ4v) is 2.36. The van der Waals surface area contributed by atoms with Crippen molar-refractivity contribution in [2.75, 3.05) is 24.6 Å². The molecule has 0 unspecified atom stereocenters. The van der Waals surface area contributed by atoms with Gasteiger partial charge in [0.25, 0.3) is 11.8 Å². The van der Waals surface area contributed by atoms with Gasteiger partial charge in [0.1, 0.15) is 12.4 Å². The van der Waals surface area contributed by atoms with Crippen LogP contribution in [0, 0.1) is 5.82 Å². The third-order valence-electron chi connectivity index (χ3n) is 3.81. The Labute approximate surface area is 166 Å². The van der Waals surface area contributed by atoms with Gasteiger partial charge >= 0.3 is 5.97 Å². The number of carbonyl (C=O) groups is 4. The fourth-order valence-electron chi connectivity index (χ4n) is 2.36. The number of amides is 3. The molecule has 8 nitrogen and oxygen atoms in total. The summed E-state index contributed by atoms with van der Waals surface area (Å²) in [6.45, 7) is -1.09. The normalized spacial score (nSPS) is 10.1. The van der Waals surface area contributed by atoms with Gasteiger partial charge in [0.05, 0.1) is 0 Å². The Morgan fingerprint density at radius 1 is 1.00 bits per heavy atom. The fraction of sp³-hybridized carbons (Fsp3) is 0.200. The molecule has 3 N–H and O–H groups in total. The van der Waals surface area contributed by atoms with Crippen LogP contribution in [0.25, 0.3) is 0 Å². The van der Waals surface area contributed by atoms with Crippen LogP contribution in [0.5, 0.6) is 0 Å². The first kappa shape index (κ1) is 21.5. The minimum atomic E-state index is -0.809. The molecular formula is C20H20FN3O5. The number of benzene rings is 2. The molecule has 9 heteroatoms. The summed E-state index contributed by atoms with van der Waals surface area (Å²) in [5.74, 6) is -3.00. The quantitative estimate of drug-likeness (QED) is 0.608. The highest BCUT2D eigenvalue weighted by molar-refractivity contribution is 5.97. The van der Waals surface area contributed by atoms with Gasteiger partial charge in [-0.15, -0.1) is 0 Å². The molecule has 0 aliphatic carbocycles. The molecule has 0 radical (unpaired) electrons. The largest absolute Gasteiger partial charge is 0.454 e. The molecular weight excluding hydrogens is 381 g/mol. The molecule has 0 heterocycles. The van der Waals surface area contributed by atoms with Crippen molar-refractivity contribution in [3.8, 4) is 0 Å². The highest BCUT2D eigenvalue weighted by atomic mass is 19.1. The molecule has 0 fully saturated rings. The van der Waals surface area contributed by atoms with Crippen molar-refractivity contribution in [3.63, 3.8) is 0 Å². The van der Waals surface area contributed by atoms with E-state index < -0.39 is 42.7 Å². The van der Waals surface area contributed by atoms with Crippen LogP contribution in [0.1, 0.15) is 16.8 Å². The molecule has 152 valence electrons. The summed E-state index contributed by atoms with van der Waals surface area (Å²) in [6, 6.07) is 13.3. The van der Waals surface area contributed by atoms with Gasteiger partial charge in [-0.3, -0.25) is 19.2 Å². The van der Waals surface area contributed by atoms with E-state index in [0.29, 0.717) is 11.3 Å². The van der Waals surface area contributed by atoms with Gasteiger partial charge in [0.2, 0.25) is 5.91 Å². The Bertz CT molecular complexity index is 871. The van der Waals surface area contributed by atoms with E-state index in [4.69, 9.17) is 10.5 Å². The molecule has 0 aromatic heterocycles. The third-order valence-corrected chi connectivity index (χ3v) is 3.81. The van der Waals surface area contributed by atoms with Crippen molar-refractivity contribution in [3.05, 3.63) is 66.0 Å². The van der Waals surface area contributed by atoms with Crippen LogP contribution in [-0.2, 0) is 19.1 Å². The monoisotopic (exact) mass is 401 g/mol. The van der Waals surface area contributed by atoms with Crippen LogP contribution >= 0.6 is 0 Å². The standard InChI is InChI=1S/C20H20FN3O5/c21-15-6-8-16(9-7-15)24(11-10-17(22)25)18(26)13-29-19(27)12-23-20(28)14-4-2-1-3-5-14/h1-9H,10-13H2,(H2,22,25)(H,23,28). The maximum absolute atomic E-state index is 13.1. The minimum Gasteiger partial charge on any atom is -0.454 e. The molecule has 0 saturated heterocycles. The van der Waals surface area contributed by atoms with E-state index in [-0.39, 0.29) is 13.0 Å². The maximum atomic E-state index is 13.1. The smallest absolute Gasteiger partial charge is 0.325 e. The molecule has 2 aromatic rings. The van der Waals surface area contributed by atoms with Crippen molar-refractivity contribution in [2.45, 2.75) is 6.42 Å². The first-order valence-electron chi connectivity index (χ1n) is 8.70. The number of esters is 1. The van der Waals surface area contributed by atoms with Gasteiger partial charge in [0, 0.05) is 24.2 Å². The van der Waals surface area contributed by atoms with Gasteiger partial charge in [-0.25, -0.2) is 4.39 Å². The maximum Gasteiger partial charge on any atom is 0.325 e. The highest BCUT2D eigenvalue weighted by Crippen LogP contribution is 2.15. The summed E-state index contributed by atoms with van der Waals surface area (Å²) in [4.78, 5) is 48.3. The van der Waals surface area contributed by atoms with E-state index in [1.165, 1.54) is 17.0 Å². The van der Waals surface area contributed by atoms with Crippen molar-refractivity contribution in [2.24, 2.45) is 5.73 Å². The second-order valence-electron chi connectivity index (χ2n) is 5.95. The van der Waals surface area contributed by atoms with Gasteiger partial charge in [-0.2, -0.15) is 0 Å². The zero-order valence-electron chi connectivity index (χ0n) is 15.5. The Hall–Kier alpha value is -3.75. The Morgan fingerprint density at radius 3 is 2.28 bits per heavy atom. The summed E-state index contributed by atoms with van der Waals surface area (Å²) in [6.07, 6.45) is -0.121. The highest BCUT2D eigenvalue weighted by Gasteiger charge is 2.19. The van der Waals surface area contributed by atoms with Crippen LogP contribution in [0.15, 0.2) is 54.6 Å². The average molecular weight is 401 g/mol.